The number of nitrogens with one attached hydrogen (secondary N) is 4. The third-order valence-electron chi connectivity index (χ3n) is 8.47. The summed E-state index contributed by atoms with van der Waals surface area (Å²) in [6, 6.07) is 14.3. The molecule has 4 amide bonds. The normalized spacial score (nSPS) is 17.8. The third-order valence-corrected chi connectivity index (χ3v) is 8.71. The van der Waals surface area contributed by atoms with Crippen LogP contribution >= 0.6 is 11.6 Å². The maximum Gasteiger partial charge on any atom is 0.251 e. The Morgan fingerprint density at radius 2 is 1.66 bits per heavy atom. The first-order chi connectivity index (χ1) is 22.6. The molecule has 0 unspecified atom stereocenters. The summed E-state index contributed by atoms with van der Waals surface area (Å²) in [7, 11) is 0. The van der Waals surface area contributed by atoms with Crippen LogP contribution in [0.3, 0.4) is 0 Å². The van der Waals surface area contributed by atoms with E-state index in [0.717, 1.165) is 37.7 Å². The highest BCUT2D eigenvalue weighted by atomic mass is 35.5. The number of rotatable bonds is 17. The third kappa shape index (κ3) is 12.5. The molecule has 1 aliphatic carbocycles. The predicted molar refractivity (Wildman–Crippen MR) is 186 cm³/mol. The molecule has 0 saturated heterocycles. The highest BCUT2D eigenvalue weighted by Gasteiger charge is 2.33. The number of halogens is 1. The van der Waals surface area contributed by atoms with Gasteiger partial charge in [0.15, 0.2) is 5.96 Å². The first-order valence-corrected chi connectivity index (χ1v) is 17.0. The number of nitrogens with zero attached hydrogens (tertiary/aromatic N) is 1. The van der Waals surface area contributed by atoms with Gasteiger partial charge in [0.05, 0.1) is 0 Å². The Morgan fingerprint density at radius 3 is 2.36 bits per heavy atom. The number of amides is 4. The van der Waals surface area contributed by atoms with E-state index in [4.69, 9.17) is 23.1 Å². The Morgan fingerprint density at radius 1 is 0.915 bits per heavy atom. The largest absolute Gasteiger partial charge is 0.370 e. The molecule has 1 aliphatic rings. The van der Waals surface area contributed by atoms with Gasteiger partial charge in [0.25, 0.3) is 5.91 Å². The molecule has 3 rings (SSSR count). The molecule has 11 nitrogen and oxygen atoms in total. The lowest BCUT2D eigenvalue weighted by Crippen LogP contribution is -2.56. The van der Waals surface area contributed by atoms with Gasteiger partial charge in [-0.05, 0) is 61.9 Å². The van der Waals surface area contributed by atoms with Gasteiger partial charge in [0.1, 0.15) is 12.1 Å². The van der Waals surface area contributed by atoms with E-state index in [0.29, 0.717) is 42.9 Å². The molecule has 0 aromatic heterocycles. The van der Waals surface area contributed by atoms with Crippen LogP contribution in [0.4, 0.5) is 0 Å². The summed E-state index contributed by atoms with van der Waals surface area (Å²) < 4.78 is 0. The summed E-state index contributed by atoms with van der Waals surface area (Å²) in [4.78, 5) is 57.7. The van der Waals surface area contributed by atoms with Crippen LogP contribution in [0, 0.1) is 5.92 Å². The smallest absolute Gasteiger partial charge is 0.251 e. The molecule has 5 atom stereocenters. The van der Waals surface area contributed by atoms with Crippen molar-refractivity contribution in [2.24, 2.45) is 22.4 Å². The van der Waals surface area contributed by atoms with Crippen LogP contribution in [0.1, 0.15) is 93.5 Å². The lowest BCUT2D eigenvalue weighted by atomic mass is 9.80. The minimum absolute atomic E-state index is 0.0120. The minimum Gasteiger partial charge on any atom is -0.370 e. The molecule has 2 aromatic rings. The van der Waals surface area contributed by atoms with Crippen molar-refractivity contribution >= 4 is 41.2 Å². The molecular weight excluding hydrogens is 618 g/mol. The fourth-order valence-electron chi connectivity index (χ4n) is 5.87. The monoisotopic (exact) mass is 667 g/mol. The van der Waals surface area contributed by atoms with Gasteiger partial charge >= 0.3 is 0 Å². The number of carbonyl (C=O) groups is 4. The standard InChI is InChI=1S/C35H50ClN7O4/c1-3-4-17-29(42-32(45)24-12-6-5-7-13-24)33(46)43-30(21-23(2)31(44)39-19-11-20-40-35(37)38)34(47)41-28-18-9-8-16-27(28)25-14-10-15-26(36)22-25/h5-7,10,12-15,22-23,27-30H,3-4,8-9,11,16-21H2,1-2H3,(H,39,44)(H,41,47)(H,42,45)(H,43,46)(H4,37,38,40)/t23-,27+,28-,29+,30+/m1/s1. The molecular formula is C35H50ClN7O4. The van der Waals surface area contributed by atoms with E-state index in [1.54, 1.807) is 31.2 Å². The van der Waals surface area contributed by atoms with E-state index in [1.807, 2.05) is 37.3 Å². The van der Waals surface area contributed by atoms with E-state index in [9.17, 15) is 19.2 Å². The van der Waals surface area contributed by atoms with E-state index in [-0.39, 0.29) is 42.1 Å². The Labute approximate surface area is 283 Å². The van der Waals surface area contributed by atoms with Crippen molar-refractivity contribution in [2.75, 3.05) is 13.1 Å². The topological polar surface area (TPSA) is 181 Å². The summed E-state index contributed by atoms with van der Waals surface area (Å²) in [6.45, 7) is 4.46. The Balaban J connectivity index is 1.77. The van der Waals surface area contributed by atoms with Crippen LogP contribution in [0.2, 0.25) is 5.02 Å². The summed E-state index contributed by atoms with van der Waals surface area (Å²) in [5.41, 5.74) is 12.2. The number of benzene rings is 2. The second-order valence-electron chi connectivity index (χ2n) is 12.2. The number of nitrogens with two attached hydrogens (primary N) is 2. The first-order valence-electron chi connectivity index (χ1n) is 16.6. The molecule has 0 heterocycles. The zero-order valence-corrected chi connectivity index (χ0v) is 28.2. The van der Waals surface area contributed by atoms with Crippen molar-refractivity contribution in [1.82, 2.24) is 21.3 Å². The number of guanidine groups is 1. The molecule has 8 N–H and O–H groups in total. The predicted octanol–water partition coefficient (Wildman–Crippen LogP) is 3.76. The molecule has 0 bridgehead atoms. The Hall–Kier alpha value is -4.12. The number of hydrogen-bond donors (Lipinski definition) is 6. The van der Waals surface area contributed by atoms with Crippen LogP contribution in [-0.4, -0.2) is 60.8 Å². The maximum atomic E-state index is 14.0. The number of unbranched alkanes of at least 4 members (excludes halogenated alkanes) is 1. The quantitative estimate of drug-likeness (QED) is 0.0849. The van der Waals surface area contributed by atoms with E-state index >= 15 is 0 Å². The number of carbonyl (C=O) groups excluding carboxylic acids is 4. The van der Waals surface area contributed by atoms with Crippen LogP contribution < -0.4 is 32.7 Å². The fraction of sp³-hybridized carbons (Fsp3) is 0.514. The van der Waals surface area contributed by atoms with Gasteiger partial charge < -0.3 is 32.7 Å². The van der Waals surface area contributed by atoms with Crippen molar-refractivity contribution in [1.29, 1.82) is 0 Å². The zero-order chi connectivity index (χ0) is 34.2. The molecule has 2 aromatic carbocycles. The molecule has 12 heteroatoms. The van der Waals surface area contributed by atoms with Gasteiger partial charge in [-0.15, -0.1) is 0 Å². The average Bonchev–Trinajstić information content (AvgIpc) is 3.06. The van der Waals surface area contributed by atoms with E-state index < -0.39 is 23.9 Å². The molecule has 0 radical (unpaired) electrons. The first kappa shape index (κ1) is 37.3. The van der Waals surface area contributed by atoms with Crippen molar-refractivity contribution in [3.05, 3.63) is 70.7 Å². The molecule has 256 valence electrons. The number of aliphatic imine (C=N–C) groups is 1. The maximum absolute atomic E-state index is 14.0. The van der Waals surface area contributed by atoms with Crippen LogP contribution in [0.15, 0.2) is 59.6 Å². The van der Waals surface area contributed by atoms with Crippen LogP contribution in [0.25, 0.3) is 0 Å². The Kier molecular flexibility index (Phi) is 15.5. The van der Waals surface area contributed by atoms with E-state index in [1.165, 1.54) is 0 Å². The van der Waals surface area contributed by atoms with Crippen molar-refractivity contribution in [3.8, 4) is 0 Å². The highest BCUT2D eigenvalue weighted by Crippen LogP contribution is 2.34. The van der Waals surface area contributed by atoms with Gasteiger partial charge in [-0.1, -0.05) is 81.5 Å². The van der Waals surface area contributed by atoms with Gasteiger partial charge in [-0.3, -0.25) is 24.2 Å². The molecule has 1 saturated carbocycles. The zero-order valence-electron chi connectivity index (χ0n) is 27.5. The van der Waals surface area contributed by atoms with E-state index in [2.05, 4.69) is 26.3 Å². The van der Waals surface area contributed by atoms with Crippen LogP contribution in [-0.2, 0) is 14.4 Å². The molecule has 1 fully saturated rings. The molecule has 0 spiro atoms. The van der Waals surface area contributed by atoms with Crippen molar-refractivity contribution in [3.63, 3.8) is 0 Å². The SMILES string of the molecule is CCCC[C@H](NC(=O)c1ccccc1)C(=O)N[C@@H](C[C@@H](C)C(=O)NCCCN=C(N)N)C(=O)N[C@@H]1CCCC[C@H]1c1cccc(Cl)c1. The molecule has 0 aliphatic heterocycles. The summed E-state index contributed by atoms with van der Waals surface area (Å²) >= 11 is 6.30. The Bertz CT molecular complexity index is 1350. The number of hydrogen-bond acceptors (Lipinski definition) is 5. The lowest BCUT2D eigenvalue weighted by molar-refractivity contribution is -0.132. The van der Waals surface area contributed by atoms with Crippen LogP contribution in [0.5, 0.6) is 0 Å². The average molecular weight is 668 g/mol. The van der Waals surface area contributed by atoms with Gasteiger partial charge in [-0.25, -0.2) is 0 Å². The van der Waals surface area contributed by atoms with Gasteiger partial charge in [0.2, 0.25) is 17.7 Å². The summed E-state index contributed by atoms with van der Waals surface area (Å²) in [5.74, 6) is -2.01. The van der Waals surface area contributed by atoms with Crippen molar-refractivity contribution in [2.45, 2.75) is 95.7 Å². The van der Waals surface area contributed by atoms with Crippen molar-refractivity contribution < 1.29 is 19.2 Å². The van der Waals surface area contributed by atoms with Gasteiger partial charge in [0, 0.05) is 41.6 Å². The second kappa shape index (κ2) is 19.5. The highest BCUT2D eigenvalue weighted by molar-refractivity contribution is 6.30. The van der Waals surface area contributed by atoms with Gasteiger partial charge in [-0.2, -0.15) is 0 Å². The lowest BCUT2D eigenvalue weighted by Gasteiger charge is -2.34. The second-order valence-corrected chi connectivity index (χ2v) is 12.7. The molecule has 47 heavy (non-hydrogen) atoms. The minimum atomic E-state index is -1.01. The fourth-order valence-corrected chi connectivity index (χ4v) is 6.07. The summed E-state index contributed by atoms with van der Waals surface area (Å²) in [5, 5.41) is 12.4. The summed E-state index contributed by atoms with van der Waals surface area (Å²) in [6.07, 6.45) is 6.21.